The van der Waals surface area contributed by atoms with Gasteiger partial charge in [0.2, 0.25) is 0 Å². The van der Waals surface area contributed by atoms with E-state index in [9.17, 15) is 0 Å². The zero-order valence-electron chi connectivity index (χ0n) is 18.2. The molecule has 3 rings (SSSR count). The van der Waals surface area contributed by atoms with Gasteiger partial charge in [-0.2, -0.15) is 0 Å². The number of hydrogen-bond donors (Lipinski definition) is 1. The zero-order chi connectivity index (χ0) is 20.5. The average molecular weight is 500 g/mol. The van der Waals surface area contributed by atoms with E-state index in [1.165, 1.54) is 61.1 Å². The Labute approximate surface area is 179 Å². The first kappa shape index (κ1) is 22.1. The number of pyridine rings is 1. The van der Waals surface area contributed by atoms with Crippen LogP contribution in [-0.2, 0) is 0 Å². The molecule has 0 radical (unpaired) electrons. The number of imidazole rings is 1. The molecule has 0 saturated heterocycles. The van der Waals surface area contributed by atoms with Gasteiger partial charge in [0.15, 0.2) is 0 Å². The van der Waals surface area contributed by atoms with Crippen LogP contribution in [0.1, 0.15) is 59.3 Å². The van der Waals surface area contributed by atoms with Gasteiger partial charge in [0.1, 0.15) is 0 Å². The molecule has 0 atom stereocenters. The topological polar surface area (TPSA) is 59.4 Å². The second-order valence-corrected chi connectivity index (χ2v) is 21.0. The van der Waals surface area contributed by atoms with Crippen molar-refractivity contribution in [3.8, 4) is 17.2 Å². The Morgan fingerprint density at radius 2 is 1.62 bits per heavy atom. The molecule has 0 aliphatic heterocycles. The van der Waals surface area contributed by atoms with Crippen LogP contribution < -0.4 is 3.71 Å². The fourth-order valence-corrected chi connectivity index (χ4v) is 20.5. The predicted octanol–water partition coefficient (Wildman–Crippen LogP) is 5.71. The summed E-state index contributed by atoms with van der Waals surface area (Å²) in [5.74, 6) is 1.90. The first-order chi connectivity index (χ1) is 14.2. The van der Waals surface area contributed by atoms with Crippen molar-refractivity contribution in [2.45, 2.75) is 72.6 Å². The van der Waals surface area contributed by atoms with Crippen molar-refractivity contribution < 1.29 is 0 Å². The fraction of sp³-hybridized carbons (Fsp3) is 0.522. The van der Waals surface area contributed by atoms with Gasteiger partial charge in [-0.3, -0.25) is 0 Å². The van der Waals surface area contributed by atoms with Gasteiger partial charge in [0.25, 0.3) is 0 Å². The Morgan fingerprint density at radius 1 is 0.931 bits per heavy atom. The first-order valence-electron chi connectivity index (χ1n) is 11.3. The number of aromatic nitrogens is 5. The van der Waals surface area contributed by atoms with E-state index >= 15 is 0 Å². The third kappa shape index (κ3) is 5.30. The van der Waals surface area contributed by atoms with Crippen molar-refractivity contribution in [1.82, 2.24) is 24.7 Å². The van der Waals surface area contributed by atoms with E-state index in [-0.39, 0.29) is 0 Å². The van der Waals surface area contributed by atoms with Crippen LogP contribution in [0, 0.1) is 0 Å². The molecular formula is C23H35N5Sn. The van der Waals surface area contributed by atoms with E-state index in [0.717, 1.165) is 11.6 Å². The second-order valence-electron chi connectivity index (χ2n) is 8.05. The molecule has 29 heavy (non-hydrogen) atoms. The van der Waals surface area contributed by atoms with E-state index in [2.05, 4.69) is 48.0 Å². The van der Waals surface area contributed by atoms with Gasteiger partial charge in [-0.25, -0.2) is 0 Å². The molecule has 1 N–H and O–H groups in total. The van der Waals surface area contributed by atoms with E-state index in [4.69, 9.17) is 4.98 Å². The average Bonchev–Trinajstić information content (AvgIpc) is 3.47. The quantitative estimate of drug-likeness (QED) is 0.324. The summed E-state index contributed by atoms with van der Waals surface area (Å²) >= 11 is -2.75. The molecule has 5 nitrogen and oxygen atoms in total. The zero-order valence-corrected chi connectivity index (χ0v) is 21.0. The molecule has 0 aliphatic carbocycles. The molecule has 0 amide bonds. The third-order valence-electron chi connectivity index (χ3n) is 5.90. The monoisotopic (exact) mass is 501 g/mol. The standard InChI is InChI=1S/C11H8N5.3C4H9.Sn/c1-4-15-16(7-1)10-3-2-9(8-14-10)11-12-5-6-13-11;3*1-3-4-2;/h1-7H,(H,12,13);3*1,3-4H2,2H3;. The molecule has 0 bridgehead atoms. The summed E-state index contributed by atoms with van der Waals surface area (Å²) in [4.78, 5) is 13.3. The van der Waals surface area contributed by atoms with Crippen LogP contribution in [0.4, 0.5) is 0 Å². The van der Waals surface area contributed by atoms with Gasteiger partial charge in [0.05, 0.1) is 0 Å². The van der Waals surface area contributed by atoms with E-state index in [0.29, 0.717) is 0 Å². The number of hydrogen-bond acceptors (Lipinski definition) is 3. The summed E-state index contributed by atoms with van der Waals surface area (Å²) in [5.41, 5.74) is 1.23. The minimum atomic E-state index is -2.75. The third-order valence-corrected chi connectivity index (χ3v) is 21.1. The summed E-state index contributed by atoms with van der Waals surface area (Å²) in [6, 6.07) is 6.28. The molecule has 0 fully saturated rings. The van der Waals surface area contributed by atoms with Gasteiger partial charge >= 0.3 is 180 Å². The minimum absolute atomic E-state index is 0.936. The van der Waals surface area contributed by atoms with Crippen molar-refractivity contribution in [2.24, 2.45) is 0 Å². The summed E-state index contributed by atoms with van der Waals surface area (Å²) in [7, 11) is 0. The Morgan fingerprint density at radius 3 is 2.14 bits per heavy atom. The number of H-pyrrole nitrogens is 1. The molecule has 0 saturated carbocycles. The van der Waals surface area contributed by atoms with E-state index in [1.807, 2.05) is 35.5 Å². The maximum absolute atomic E-state index is 5.34. The van der Waals surface area contributed by atoms with Crippen molar-refractivity contribution in [2.75, 3.05) is 0 Å². The van der Waals surface area contributed by atoms with Crippen LogP contribution in [0.3, 0.4) is 0 Å². The molecule has 0 aliphatic rings. The van der Waals surface area contributed by atoms with Gasteiger partial charge in [-0.05, 0) is 0 Å². The van der Waals surface area contributed by atoms with Crippen molar-refractivity contribution in [3.63, 3.8) is 0 Å². The second kappa shape index (κ2) is 10.9. The number of rotatable bonds is 12. The number of unbranched alkanes of at least 4 members (excludes halogenated alkanes) is 3. The van der Waals surface area contributed by atoms with Gasteiger partial charge in [-0.15, -0.1) is 0 Å². The summed E-state index contributed by atoms with van der Waals surface area (Å²) < 4.78 is 7.45. The Kier molecular flexibility index (Phi) is 8.33. The number of nitrogens with one attached hydrogen (secondary N) is 1. The van der Waals surface area contributed by atoms with Gasteiger partial charge < -0.3 is 0 Å². The van der Waals surface area contributed by atoms with E-state index in [1.54, 1.807) is 0 Å². The van der Waals surface area contributed by atoms with Crippen LogP contribution in [0.2, 0.25) is 13.3 Å². The molecule has 3 aromatic heterocycles. The molecule has 0 unspecified atom stereocenters. The van der Waals surface area contributed by atoms with Crippen LogP contribution in [0.15, 0.2) is 43.0 Å². The number of nitrogens with zero attached hydrogens (tertiary/aromatic N) is 4. The Hall–Kier alpha value is -1.63. The Bertz CT molecular complexity index is 821. The molecule has 0 aromatic carbocycles. The van der Waals surface area contributed by atoms with Gasteiger partial charge in [0, 0.05) is 0 Å². The van der Waals surface area contributed by atoms with Crippen LogP contribution in [-0.4, -0.2) is 43.1 Å². The fourth-order valence-electron chi connectivity index (χ4n) is 4.26. The summed E-state index contributed by atoms with van der Waals surface area (Å²) in [6.45, 7) is 6.95. The molecule has 3 heterocycles. The van der Waals surface area contributed by atoms with Crippen molar-refractivity contribution in [3.05, 3.63) is 43.0 Å². The summed E-state index contributed by atoms with van der Waals surface area (Å²) in [5, 5.41) is 4.44. The molecule has 156 valence electrons. The maximum atomic E-state index is 5.34. The SMILES string of the molecule is CCC[CH2][Sn]([CH2]CCC)([CH2]CCC)[c]1nc(-n2cccn2)ccc1-c1ncc[nH]1. The normalized spacial score (nSPS) is 11.8. The molecule has 0 spiro atoms. The number of aromatic amines is 1. The van der Waals surface area contributed by atoms with Gasteiger partial charge in [-0.1, -0.05) is 0 Å². The van der Waals surface area contributed by atoms with Crippen LogP contribution in [0.25, 0.3) is 17.2 Å². The van der Waals surface area contributed by atoms with Crippen molar-refractivity contribution in [1.29, 1.82) is 0 Å². The van der Waals surface area contributed by atoms with Crippen LogP contribution >= 0.6 is 0 Å². The Balaban J connectivity index is 2.17. The molecule has 6 heteroatoms. The first-order valence-corrected chi connectivity index (χ1v) is 18.7. The molecule has 3 aromatic rings. The predicted molar refractivity (Wildman–Crippen MR) is 123 cm³/mol. The summed E-state index contributed by atoms with van der Waals surface area (Å²) in [6.07, 6.45) is 15.3. The molecular weight excluding hydrogens is 465 g/mol. The van der Waals surface area contributed by atoms with Crippen LogP contribution in [0.5, 0.6) is 0 Å². The van der Waals surface area contributed by atoms with E-state index < -0.39 is 18.4 Å². The van der Waals surface area contributed by atoms with Crippen molar-refractivity contribution >= 4 is 22.1 Å².